The number of ether oxygens (including phenoxy) is 3. The van der Waals surface area contributed by atoms with Crippen molar-refractivity contribution >= 4 is 17.8 Å². The second-order valence-electron chi connectivity index (χ2n) is 17.3. The van der Waals surface area contributed by atoms with Gasteiger partial charge in [0.1, 0.15) is 18.5 Å². The van der Waals surface area contributed by atoms with Gasteiger partial charge in [0.25, 0.3) is 0 Å². The SMILES string of the molecule is COc1ccc(COC(=O)N[C@@]23CC[C@]4(C)[C@H](CC[C@@H]5[C@@]6(C)CC[C@H](OC(C)=O)C(C)(C)[C@@H]6CC[C@]54C)C2=C(C(C)C)C(=O)C3)cc1. The predicted octanol–water partition coefficient (Wildman–Crippen LogP) is 8.59. The van der Waals surface area contributed by atoms with Crippen molar-refractivity contribution in [3.05, 3.63) is 41.0 Å². The van der Waals surface area contributed by atoms with Crippen LogP contribution in [0.2, 0.25) is 0 Å². The molecule has 0 saturated heterocycles. The molecule has 4 fully saturated rings. The minimum Gasteiger partial charge on any atom is -0.497 e. The first kappa shape index (κ1) is 34.0. The summed E-state index contributed by atoms with van der Waals surface area (Å²) in [6.45, 7) is 18.2. The van der Waals surface area contributed by atoms with Crippen molar-refractivity contribution in [1.82, 2.24) is 5.32 Å². The highest BCUT2D eigenvalue weighted by molar-refractivity contribution is 6.02. The van der Waals surface area contributed by atoms with E-state index in [1.807, 2.05) is 24.3 Å². The number of Topliss-reactive ketones (excluding diaryl/α,β-unsaturated/α-hetero) is 1. The van der Waals surface area contributed by atoms with E-state index in [-0.39, 0.29) is 58.0 Å². The molecule has 8 atom stereocenters. The molecule has 0 spiro atoms. The molecular formula is C40H57NO6. The van der Waals surface area contributed by atoms with Gasteiger partial charge in [-0.1, -0.05) is 60.6 Å². The Kier molecular flexibility index (Phi) is 8.44. The van der Waals surface area contributed by atoms with Crippen LogP contribution in [0.5, 0.6) is 5.75 Å². The van der Waals surface area contributed by atoms with E-state index in [1.165, 1.54) is 12.5 Å². The number of rotatable bonds is 6. The van der Waals surface area contributed by atoms with Crippen molar-refractivity contribution in [3.8, 4) is 5.75 Å². The summed E-state index contributed by atoms with van der Waals surface area (Å²) in [5.74, 6) is 2.11. The number of carbonyl (C=O) groups excluding carboxylic acids is 3. The molecule has 1 aromatic rings. The van der Waals surface area contributed by atoms with Gasteiger partial charge in [-0.3, -0.25) is 9.59 Å². The zero-order valence-electron chi connectivity index (χ0n) is 30.2. The topological polar surface area (TPSA) is 90.9 Å². The molecule has 1 amide bonds. The Morgan fingerprint density at radius 2 is 1.60 bits per heavy atom. The van der Waals surface area contributed by atoms with Gasteiger partial charge in [0.05, 0.1) is 12.6 Å². The van der Waals surface area contributed by atoms with Crippen molar-refractivity contribution < 1.29 is 28.6 Å². The lowest BCUT2D eigenvalue weighted by Gasteiger charge is -2.72. The highest BCUT2D eigenvalue weighted by Crippen LogP contribution is 2.75. The molecule has 0 aromatic heterocycles. The quantitative estimate of drug-likeness (QED) is 0.311. The van der Waals surface area contributed by atoms with Crippen molar-refractivity contribution in [2.45, 2.75) is 131 Å². The first-order valence-corrected chi connectivity index (χ1v) is 18.1. The highest BCUT2D eigenvalue weighted by Gasteiger charge is 2.70. The molecule has 7 nitrogen and oxygen atoms in total. The standard InChI is InChI=1S/C40H57NO6/c1-24(2)33-29(43)22-40(41-35(44)46-23-26-10-12-27(45-9)13-11-26)21-20-38(7)28(34(33)40)14-15-31-37(6)18-17-32(47-25(3)42)36(4,5)30(37)16-19-39(31,38)8/h10-13,24,28,30-32H,14-23H2,1-9H3,(H,41,44)/t28-,30+,31-,32+,37+,38-,39-,40-/m1/s1. The zero-order valence-corrected chi connectivity index (χ0v) is 30.2. The third kappa shape index (κ3) is 5.15. The molecule has 1 aromatic carbocycles. The van der Waals surface area contributed by atoms with Crippen LogP contribution in [0.25, 0.3) is 0 Å². The molecule has 0 radical (unpaired) electrons. The average Bonchev–Trinajstić information content (AvgIpc) is 3.29. The molecule has 4 saturated carbocycles. The Labute approximate surface area is 281 Å². The zero-order chi connectivity index (χ0) is 34.2. The summed E-state index contributed by atoms with van der Waals surface area (Å²) in [5, 5.41) is 3.32. The van der Waals surface area contributed by atoms with Crippen molar-refractivity contribution in [3.63, 3.8) is 0 Å². The molecule has 0 heterocycles. The molecule has 6 rings (SSSR count). The van der Waals surface area contributed by atoms with Gasteiger partial charge in [0.2, 0.25) is 0 Å². The lowest BCUT2D eigenvalue weighted by molar-refractivity contribution is -0.231. The van der Waals surface area contributed by atoms with Crippen molar-refractivity contribution in [2.24, 2.45) is 45.3 Å². The Balaban J connectivity index is 1.29. The fourth-order valence-corrected chi connectivity index (χ4v) is 12.2. The predicted molar refractivity (Wildman–Crippen MR) is 182 cm³/mol. The lowest BCUT2D eigenvalue weighted by atomic mass is 9.33. The van der Waals surface area contributed by atoms with Gasteiger partial charge in [0.15, 0.2) is 5.78 Å². The molecular weight excluding hydrogens is 590 g/mol. The van der Waals surface area contributed by atoms with Crippen LogP contribution in [-0.2, 0) is 25.7 Å². The van der Waals surface area contributed by atoms with E-state index in [1.54, 1.807) is 7.11 Å². The van der Waals surface area contributed by atoms with Crippen LogP contribution in [-0.4, -0.2) is 36.6 Å². The second kappa shape index (κ2) is 11.7. The lowest BCUT2D eigenvalue weighted by Crippen LogP contribution is -2.67. The van der Waals surface area contributed by atoms with Crippen molar-refractivity contribution in [2.75, 3.05) is 7.11 Å². The van der Waals surface area contributed by atoms with Crippen LogP contribution in [0, 0.1) is 45.3 Å². The highest BCUT2D eigenvalue weighted by atomic mass is 16.6. The van der Waals surface area contributed by atoms with Gasteiger partial charge >= 0.3 is 12.1 Å². The Morgan fingerprint density at radius 3 is 2.23 bits per heavy atom. The van der Waals surface area contributed by atoms with E-state index in [0.29, 0.717) is 18.3 Å². The van der Waals surface area contributed by atoms with Crippen LogP contribution in [0.1, 0.15) is 119 Å². The van der Waals surface area contributed by atoms with Gasteiger partial charge < -0.3 is 19.5 Å². The number of allylic oxidation sites excluding steroid dienone is 1. The van der Waals surface area contributed by atoms with E-state index < -0.39 is 11.6 Å². The number of esters is 1. The Hall–Kier alpha value is -2.83. The number of carbonyl (C=O) groups is 3. The maximum absolute atomic E-state index is 13.9. The molecule has 47 heavy (non-hydrogen) atoms. The van der Waals surface area contributed by atoms with E-state index in [0.717, 1.165) is 68.3 Å². The minimum absolute atomic E-state index is 0.000947. The summed E-state index contributed by atoms with van der Waals surface area (Å²) in [6, 6.07) is 7.52. The molecule has 0 bridgehead atoms. The van der Waals surface area contributed by atoms with Gasteiger partial charge in [-0.2, -0.15) is 0 Å². The number of fused-ring (bicyclic) bond motifs is 7. The molecule has 5 aliphatic rings. The van der Waals surface area contributed by atoms with Gasteiger partial charge in [0, 0.05) is 18.8 Å². The number of benzene rings is 1. The summed E-state index contributed by atoms with van der Waals surface area (Å²) >= 11 is 0. The Morgan fingerprint density at radius 1 is 0.894 bits per heavy atom. The number of alkyl carbamates (subject to hydrolysis) is 1. The number of hydrogen-bond donors (Lipinski definition) is 1. The monoisotopic (exact) mass is 647 g/mol. The molecule has 258 valence electrons. The first-order chi connectivity index (χ1) is 22.0. The third-order valence-corrected chi connectivity index (χ3v) is 14.5. The number of hydrogen-bond acceptors (Lipinski definition) is 6. The Bertz CT molecular complexity index is 1460. The summed E-state index contributed by atoms with van der Waals surface area (Å²) in [5.41, 5.74) is 2.51. The van der Waals surface area contributed by atoms with Crippen LogP contribution in [0.3, 0.4) is 0 Å². The number of amides is 1. The smallest absolute Gasteiger partial charge is 0.408 e. The first-order valence-electron chi connectivity index (χ1n) is 18.1. The third-order valence-electron chi connectivity index (χ3n) is 14.5. The van der Waals surface area contributed by atoms with E-state index in [2.05, 4.69) is 53.8 Å². The summed E-state index contributed by atoms with van der Waals surface area (Å²) in [7, 11) is 1.63. The number of nitrogens with one attached hydrogen (secondary N) is 1. The van der Waals surface area contributed by atoms with E-state index >= 15 is 0 Å². The normalized spacial score (nSPS) is 38.9. The molecule has 5 aliphatic carbocycles. The van der Waals surface area contributed by atoms with Gasteiger partial charge in [-0.05, 0) is 120 Å². The minimum atomic E-state index is -0.688. The average molecular weight is 648 g/mol. The number of ketones is 1. The van der Waals surface area contributed by atoms with Crippen LogP contribution in [0.4, 0.5) is 4.79 Å². The van der Waals surface area contributed by atoms with Gasteiger partial charge in [-0.15, -0.1) is 0 Å². The molecule has 0 aliphatic heterocycles. The number of methoxy groups -OCH3 is 1. The van der Waals surface area contributed by atoms with Crippen molar-refractivity contribution in [1.29, 1.82) is 0 Å². The largest absolute Gasteiger partial charge is 0.497 e. The molecule has 7 heteroatoms. The second-order valence-corrected chi connectivity index (χ2v) is 17.3. The fraction of sp³-hybridized carbons (Fsp3) is 0.725. The molecule has 1 N–H and O–H groups in total. The maximum atomic E-state index is 13.9. The van der Waals surface area contributed by atoms with E-state index in [9.17, 15) is 14.4 Å². The maximum Gasteiger partial charge on any atom is 0.408 e. The van der Waals surface area contributed by atoms with E-state index in [4.69, 9.17) is 14.2 Å². The summed E-state index contributed by atoms with van der Waals surface area (Å²) in [6.07, 6.45) is 7.91. The summed E-state index contributed by atoms with van der Waals surface area (Å²) in [4.78, 5) is 39.4. The van der Waals surface area contributed by atoms with Gasteiger partial charge in [-0.25, -0.2) is 4.79 Å². The molecule has 0 unspecified atom stereocenters. The van der Waals surface area contributed by atoms with Crippen LogP contribution in [0.15, 0.2) is 35.4 Å². The van der Waals surface area contributed by atoms with Crippen LogP contribution >= 0.6 is 0 Å². The summed E-state index contributed by atoms with van der Waals surface area (Å²) < 4.78 is 17.0. The van der Waals surface area contributed by atoms with Crippen LogP contribution < -0.4 is 10.1 Å². The fourth-order valence-electron chi connectivity index (χ4n) is 12.2.